The molecule has 1 amide bonds. The van der Waals surface area contributed by atoms with Gasteiger partial charge >= 0.3 is 5.97 Å². The molecule has 0 bridgehead atoms. The molecule has 0 aliphatic carbocycles. The molecule has 114 valence electrons. The average Bonchev–Trinajstić information content (AvgIpc) is 2.41. The van der Waals surface area contributed by atoms with Gasteiger partial charge in [-0.2, -0.15) is 0 Å². The topological polar surface area (TPSA) is 66.8 Å². The van der Waals surface area contributed by atoms with Crippen LogP contribution in [0.25, 0.3) is 0 Å². The van der Waals surface area contributed by atoms with Crippen LogP contribution in [0.15, 0.2) is 12.1 Å². The lowest BCUT2D eigenvalue weighted by Gasteiger charge is -2.35. The van der Waals surface area contributed by atoms with E-state index >= 15 is 0 Å². The SMILES string of the molecule is C[C@@H]1CN(C(=O)c2cc(F)c(Cl)cc2Cl)CC(C(=O)O)O1. The second-order valence-electron chi connectivity index (χ2n) is 4.73. The number of aliphatic carboxylic acids is 1. The number of amides is 1. The quantitative estimate of drug-likeness (QED) is 0.843. The van der Waals surface area contributed by atoms with E-state index in [2.05, 4.69) is 0 Å². The van der Waals surface area contributed by atoms with Crippen LogP contribution in [0, 0.1) is 5.82 Å². The number of carboxylic acid groups (broad SMARTS) is 1. The second kappa shape index (κ2) is 6.17. The number of nitrogens with zero attached hydrogens (tertiary/aromatic N) is 1. The molecule has 1 heterocycles. The lowest BCUT2D eigenvalue weighted by atomic mass is 10.1. The van der Waals surface area contributed by atoms with Gasteiger partial charge in [0.1, 0.15) is 5.82 Å². The van der Waals surface area contributed by atoms with Crippen LogP contribution in [0.4, 0.5) is 4.39 Å². The van der Waals surface area contributed by atoms with Gasteiger partial charge in [0.2, 0.25) is 0 Å². The highest BCUT2D eigenvalue weighted by Gasteiger charge is 2.33. The molecule has 21 heavy (non-hydrogen) atoms. The van der Waals surface area contributed by atoms with Gasteiger partial charge in [0.05, 0.1) is 28.3 Å². The Hall–Kier alpha value is -1.37. The zero-order valence-electron chi connectivity index (χ0n) is 11.0. The first-order valence-electron chi connectivity index (χ1n) is 6.11. The van der Waals surface area contributed by atoms with Crippen molar-refractivity contribution in [3.63, 3.8) is 0 Å². The zero-order chi connectivity index (χ0) is 15.7. The van der Waals surface area contributed by atoms with Crippen molar-refractivity contribution in [2.75, 3.05) is 13.1 Å². The summed E-state index contributed by atoms with van der Waals surface area (Å²) in [7, 11) is 0. The summed E-state index contributed by atoms with van der Waals surface area (Å²) in [5.41, 5.74) is -0.0585. The van der Waals surface area contributed by atoms with Gasteiger partial charge in [-0.25, -0.2) is 9.18 Å². The molecule has 1 N–H and O–H groups in total. The Morgan fingerprint density at radius 1 is 1.33 bits per heavy atom. The number of carboxylic acids is 1. The normalized spacial score (nSPS) is 22.2. The first-order chi connectivity index (χ1) is 9.79. The summed E-state index contributed by atoms with van der Waals surface area (Å²) in [5.74, 6) is -2.48. The van der Waals surface area contributed by atoms with Crippen LogP contribution < -0.4 is 0 Å². The molecular formula is C13H12Cl2FNO4. The number of morpholine rings is 1. The lowest BCUT2D eigenvalue weighted by Crippen LogP contribution is -2.51. The van der Waals surface area contributed by atoms with Crippen molar-refractivity contribution >= 4 is 35.1 Å². The molecule has 2 rings (SSSR count). The molecule has 1 fully saturated rings. The molecule has 1 aliphatic rings. The summed E-state index contributed by atoms with van der Waals surface area (Å²) in [5, 5.41) is 8.82. The number of rotatable bonds is 2. The summed E-state index contributed by atoms with van der Waals surface area (Å²) in [6.45, 7) is 1.72. The predicted molar refractivity (Wildman–Crippen MR) is 74.3 cm³/mol. The molecule has 8 heteroatoms. The molecule has 1 saturated heterocycles. The highest BCUT2D eigenvalue weighted by molar-refractivity contribution is 6.36. The van der Waals surface area contributed by atoms with Gasteiger partial charge in [-0.3, -0.25) is 4.79 Å². The van der Waals surface area contributed by atoms with Gasteiger partial charge in [0.25, 0.3) is 5.91 Å². The Labute approximate surface area is 130 Å². The van der Waals surface area contributed by atoms with Gasteiger partial charge < -0.3 is 14.7 Å². The maximum absolute atomic E-state index is 13.5. The van der Waals surface area contributed by atoms with Crippen molar-refractivity contribution in [1.29, 1.82) is 0 Å². The fraction of sp³-hybridized carbons (Fsp3) is 0.385. The van der Waals surface area contributed by atoms with Crippen LogP contribution in [0.3, 0.4) is 0 Å². The third kappa shape index (κ3) is 3.45. The fourth-order valence-electron chi connectivity index (χ4n) is 2.11. The molecule has 1 aromatic rings. The molecule has 2 atom stereocenters. The molecule has 1 aromatic carbocycles. The van der Waals surface area contributed by atoms with E-state index < -0.39 is 29.9 Å². The minimum atomic E-state index is -1.16. The minimum Gasteiger partial charge on any atom is -0.479 e. The van der Waals surface area contributed by atoms with Crippen molar-refractivity contribution in [1.82, 2.24) is 4.90 Å². The van der Waals surface area contributed by atoms with Gasteiger partial charge in [-0.15, -0.1) is 0 Å². The number of ether oxygens (including phenoxy) is 1. The van der Waals surface area contributed by atoms with E-state index in [0.29, 0.717) is 0 Å². The van der Waals surface area contributed by atoms with E-state index in [1.54, 1.807) is 6.92 Å². The van der Waals surface area contributed by atoms with Gasteiger partial charge in [0.15, 0.2) is 6.10 Å². The van der Waals surface area contributed by atoms with E-state index in [9.17, 15) is 14.0 Å². The summed E-state index contributed by atoms with van der Waals surface area (Å²) < 4.78 is 18.7. The molecule has 0 saturated carbocycles. The summed E-state index contributed by atoms with van der Waals surface area (Å²) in [6, 6.07) is 2.09. The number of halogens is 3. The summed E-state index contributed by atoms with van der Waals surface area (Å²) >= 11 is 11.5. The van der Waals surface area contributed by atoms with Gasteiger partial charge in [-0.1, -0.05) is 23.2 Å². The molecule has 0 radical (unpaired) electrons. The van der Waals surface area contributed by atoms with Crippen molar-refractivity contribution < 1.29 is 23.8 Å². The maximum Gasteiger partial charge on any atom is 0.334 e. The van der Waals surface area contributed by atoms with E-state index in [4.69, 9.17) is 33.0 Å². The van der Waals surface area contributed by atoms with E-state index in [0.717, 1.165) is 12.1 Å². The number of carbonyl (C=O) groups excluding carboxylic acids is 1. The van der Waals surface area contributed by atoms with Crippen LogP contribution >= 0.6 is 23.2 Å². The van der Waals surface area contributed by atoms with Crippen LogP contribution in [0.2, 0.25) is 10.0 Å². The summed E-state index contributed by atoms with van der Waals surface area (Å²) in [4.78, 5) is 24.7. The fourth-order valence-corrected chi connectivity index (χ4v) is 2.57. The van der Waals surface area contributed by atoms with E-state index in [1.165, 1.54) is 4.90 Å². The Bertz CT molecular complexity index is 596. The minimum absolute atomic E-state index is 0.0115. The van der Waals surface area contributed by atoms with Crippen molar-refractivity contribution in [3.05, 3.63) is 33.6 Å². The molecule has 5 nitrogen and oxygen atoms in total. The number of carbonyl (C=O) groups is 2. The number of hydrogen-bond acceptors (Lipinski definition) is 3. The number of hydrogen-bond donors (Lipinski definition) is 1. The third-order valence-corrected chi connectivity index (χ3v) is 3.67. The zero-order valence-corrected chi connectivity index (χ0v) is 12.5. The Morgan fingerprint density at radius 3 is 2.62 bits per heavy atom. The van der Waals surface area contributed by atoms with E-state index in [-0.39, 0.29) is 28.7 Å². The largest absolute Gasteiger partial charge is 0.479 e. The predicted octanol–water partition coefficient (Wildman–Crippen LogP) is 2.45. The van der Waals surface area contributed by atoms with Gasteiger partial charge in [-0.05, 0) is 19.1 Å². The van der Waals surface area contributed by atoms with Crippen LogP contribution in [-0.2, 0) is 9.53 Å². The molecule has 1 unspecified atom stereocenters. The third-order valence-electron chi connectivity index (χ3n) is 3.06. The Balaban J connectivity index is 2.27. The maximum atomic E-state index is 13.5. The lowest BCUT2D eigenvalue weighted by molar-refractivity contribution is -0.160. The van der Waals surface area contributed by atoms with Gasteiger partial charge in [0, 0.05) is 6.54 Å². The molecule has 0 aromatic heterocycles. The standard InChI is InChI=1S/C13H12Cl2FNO4/c1-6-4-17(5-11(21-6)13(19)20)12(18)7-2-10(16)9(15)3-8(7)14/h2-3,6,11H,4-5H2,1H3,(H,19,20)/t6-,11?/m1/s1. The van der Waals surface area contributed by atoms with Crippen LogP contribution in [0.1, 0.15) is 17.3 Å². The first-order valence-corrected chi connectivity index (χ1v) is 6.87. The first kappa shape index (κ1) is 16.0. The van der Waals surface area contributed by atoms with Crippen molar-refractivity contribution in [2.24, 2.45) is 0 Å². The molecular weight excluding hydrogens is 324 g/mol. The van der Waals surface area contributed by atoms with Crippen molar-refractivity contribution in [3.8, 4) is 0 Å². The van der Waals surface area contributed by atoms with Crippen molar-refractivity contribution in [2.45, 2.75) is 19.1 Å². The molecule has 0 spiro atoms. The Kier molecular flexibility index (Phi) is 4.70. The van der Waals surface area contributed by atoms with Crippen LogP contribution in [0.5, 0.6) is 0 Å². The van der Waals surface area contributed by atoms with Crippen LogP contribution in [-0.4, -0.2) is 47.2 Å². The highest BCUT2D eigenvalue weighted by Crippen LogP contribution is 2.26. The Morgan fingerprint density at radius 2 is 2.00 bits per heavy atom. The highest BCUT2D eigenvalue weighted by atomic mass is 35.5. The monoisotopic (exact) mass is 335 g/mol. The smallest absolute Gasteiger partial charge is 0.334 e. The average molecular weight is 336 g/mol. The second-order valence-corrected chi connectivity index (χ2v) is 5.54. The number of benzene rings is 1. The van der Waals surface area contributed by atoms with E-state index in [1.807, 2.05) is 0 Å². The summed E-state index contributed by atoms with van der Waals surface area (Å²) in [6.07, 6.45) is -1.56. The molecule has 1 aliphatic heterocycles.